The summed E-state index contributed by atoms with van der Waals surface area (Å²) in [4.78, 5) is 0. The summed E-state index contributed by atoms with van der Waals surface area (Å²) in [7, 11) is 0. The monoisotopic (exact) mass is 220 g/mol. The van der Waals surface area contributed by atoms with Crippen molar-refractivity contribution >= 4 is 5.69 Å². The SMILES string of the molecule is Fc1ccc2c(c1)NCCC2CNC1CC1. The molecule has 1 aliphatic heterocycles. The molecule has 1 unspecified atom stereocenters. The van der Waals surface area contributed by atoms with Crippen LogP contribution in [0.1, 0.15) is 30.7 Å². The Morgan fingerprint density at radius 1 is 1.31 bits per heavy atom. The molecular weight excluding hydrogens is 203 g/mol. The Kier molecular flexibility index (Phi) is 2.56. The minimum absolute atomic E-state index is 0.151. The first kappa shape index (κ1) is 10.1. The van der Waals surface area contributed by atoms with E-state index in [1.54, 1.807) is 12.1 Å². The van der Waals surface area contributed by atoms with Crippen molar-refractivity contribution in [2.45, 2.75) is 31.2 Å². The molecule has 1 aromatic rings. The fourth-order valence-corrected chi connectivity index (χ4v) is 2.38. The second-order valence-electron chi connectivity index (χ2n) is 4.83. The number of hydrogen-bond acceptors (Lipinski definition) is 2. The van der Waals surface area contributed by atoms with Crippen molar-refractivity contribution in [3.05, 3.63) is 29.6 Å². The highest BCUT2D eigenvalue weighted by Gasteiger charge is 2.25. The Morgan fingerprint density at radius 3 is 3.00 bits per heavy atom. The van der Waals surface area contributed by atoms with Crippen LogP contribution in [0, 0.1) is 5.82 Å². The highest BCUT2D eigenvalue weighted by molar-refractivity contribution is 5.55. The zero-order valence-electron chi connectivity index (χ0n) is 9.30. The van der Waals surface area contributed by atoms with Gasteiger partial charge in [0, 0.05) is 30.7 Å². The van der Waals surface area contributed by atoms with E-state index in [1.165, 1.54) is 18.4 Å². The van der Waals surface area contributed by atoms with Gasteiger partial charge < -0.3 is 10.6 Å². The van der Waals surface area contributed by atoms with Crippen LogP contribution in [0.3, 0.4) is 0 Å². The average Bonchev–Trinajstić information content (AvgIpc) is 3.09. The Balaban J connectivity index is 1.76. The zero-order chi connectivity index (χ0) is 11.0. The number of benzene rings is 1. The van der Waals surface area contributed by atoms with Gasteiger partial charge in [0.05, 0.1) is 0 Å². The number of rotatable bonds is 3. The predicted molar refractivity (Wildman–Crippen MR) is 63.3 cm³/mol. The standard InChI is InChI=1S/C13H17FN2/c14-10-1-4-12-9(8-16-11-2-3-11)5-6-15-13(12)7-10/h1,4,7,9,11,15-16H,2-3,5-6,8H2. The molecule has 1 aromatic carbocycles. The van der Waals surface area contributed by atoms with Crippen LogP contribution in [0.25, 0.3) is 0 Å². The first-order chi connectivity index (χ1) is 7.83. The normalized spacial score (nSPS) is 23.7. The molecule has 3 heteroatoms. The van der Waals surface area contributed by atoms with Gasteiger partial charge in [0.1, 0.15) is 5.82 Å². The molecule has 0 aromatic heterocycles. The lowest BCUT2D eigenvalue weighted by Crippen LogP contribution is -2.28. The van der Waals surface area contributed by atoms with Crippen molar-refractivity contribution in [3.63, 3.8) is 0 Å². The Hall–Kier alpha value is -1.09. The Labute approximate surface area is 95.2 Å². The highest BCUT2D eigenvalue weighted by Crippen LogP contribution is 2.32. The second kappa shape index (κ2) is 4.06. The summed E-state index contributed by atoms with van der Waals surface area (Å²) in [5, 5.41) is 6.83. The van der Waals surface area contributed by atoms with Crippen LogP contribution in [0.15, 0.2) is 18.2 Å². The van der Waals surface area contributed by atoms with Gasteiger partial charge in [0.15, 0.2) is 0 Å². The van der Waals surface area contributed by atoms with Crippen molar-refractivity contribution in [3.8, 4) is 0 Å². The third kappa shape index (κ3) is 2.05. The van der Waals surface area contributed by atoms with Gasteiger partial charge in [-0.1, -0.05) is 6.07 Å². The van der Waals surface area contributed by atoms with Crippen LogP contribution in [0.5, 0.6) is 0 Å². The van der Waals surface area contributed by atoms with E-state index in [2.05, 4.69) is 10.6 Å². The number of nitrogens with one attached hydrogen (secondary N) is 2. The molecule has 0 amide bonds. The van der Waals surface area contributed by atoms with Crippen molar-refractivity contribution in [1.82, 2.24) is 5.32 Å². The van der Waals surface area contributed by atoms with E-state index in [-0.39, 0.29) is 5.82 Å². The Bertz CT molecular complexity index is 388. The lowest BCUT2D eigenvalue weighted by molar-refractivity contribution is 0.546. The molecule has 2 N–H and O–H groups in total. The van der Waals surface area contributed by atoms with Crippen molar-refractivity contribution in [2.24, 2.45) is 0 Å². The first-order valence-corrected chi connectivity index (χ1v) is 6.09. The van der Waals surface area contributed by atoms with Gasteiger partial charge in [-0.15, -0.1) is 0 Å². The predicted octanol–water partition coefficient (Wildman–Crippen LogP) is 2.48. The summed E-state index contributed by atoms with van der Waals surface area (Å²) in [6.07, 6.45) is 3.78. The molecule has 3 rings (SSSR count). The van der Waals surface area contributed by atoms with Crippen LogP contribution in [0.4, 0.5) is 10.1 Å². The van der Waals surface area contributed by atoms with Crippen LogP contribution >= 0.6 is 0 Å². The number of halogens is 1. The molecule has 0 saturated heterocycles. The molecule has 1 atom stereocenters. The number of hydrogen-bond donors (Lipinski definition) is 2. The molecule has 0 bridgehead atoms. The summed E-state index contributed by atoms with van der Waals surface area (Å²) in [6.45, 7) is 1.98. The van der Waals surface area contributed by atoms with Gasteiger partial charge in [-0.05, 0) is 37.0 Å². The molecule has 0 radical (unpaired) electrons. The summed E-state index contributed by atoms with van der Waals surface area (Å²) in [5.74, 6) is 0.388. The summed E-state index contributed by atoms with van der Waals surface area (Å²) in [5.41, 5.74) is 2.25. The maximum absolute atomic E-state index is 13.1. The van der Waals surface area contributed by atoms with Gasteiger partial charge in [-0.2, -0.15) is 0 Å². The Morgan fingerprint density at radius 2 is 2.19 bits per heavy atom. The topological polar surface area (TPSA) is 24.1 Å². The minimum Gasteiger partial charge on any atom is -0.385 e. The van der Waals surface area contributed by atoms with E-state index in [0.29, 0.717) is 5.92 Å². The number of fused-ring (bicyclic) bond motifs is 1. The fourth-order valence-electron chi connectivity index (χ4n) is 2.38. The van der Waals surface area contributed by atoms with Crippen LogP contribution in [-0.4, -0.2) is 19.1 Å². The molecule has 1 fully saturated rings. The van der Waals surface area contributed by atoms with E-state index in [9.17, 15) is 4.39 Å². The molecule has 16 heavy (non-hydrogen) atoms. The van der Waals surface area contributed by atoms with Crippen molar-refractivity contribution < 1.29 is 4.39 Å². The largest absolute Gasteiger partial charge is 0.385 e. The molecule has 86 valence electrons. The molecular formula is C13H17FN2. The fraction of sp³-hybridized carbons (Fsp3) is 0.538. The smallest absolute Gasteiger partial charge is 0.125 e. The van der Waals surface area contributed by atoms with E-state index < -0.39 is 0 Å². The molecule has 1 saturated carbocycles. The minimum atomic E-state index is -0.151. The van der Waals surface area contributed by atoms with Crippen molar-refractivity contribution in [2.75, 3.05) is 18.4 Å². The van der Waals surface area contributed by atoms with Crippen LogP contribution < -0.4 is 10.6 Å². The van der Waals surface area contributed by atoms with E-state index >= 15 is 0 Å². The van der Waals surface area contributed by atoms with E-state index in [1.807, 2.05) is 6.07 Å². The zero-order valence-corrected chi connectivity index (χ0v) is 9.30. The van der Waals surface area contributed by atoms with Gasteiger partial charge in [0.2, 0.25) is 0 Å². The third-order valence-electron chi connectivity index (χ3n) is 3.49. The maximum Gasteiger partial charge on any atom is 0.125 e. The first-order valence-electron chi connectivity index (χ1n) is 6.09. The van der Waals surface area contributed by atoms with Gasteiger partial charge in [-0.25, -0.2) is 4.39 Å². The maximum atomic E-state index is 13.1. The second-order valence-corrected chi connectivity index (χ2v) is 4.83. The lowest BCUT2D eigenvalue weighted by atomic mass is 9.91. The third-order valence-corrected chi connectivity index (χ3v) is 3.49. The van der Waals surface area contributed by atoms with Crippen LogP contribution in [0.2, 0.25) is 0 Å². The van der Waals surface area contributed by atoms with Gasteiger partial charge in [0.25, 0.3) is 0 Å². The van der Waals surface area contributed by atoms with Gasteiger partial charge in [-0.3, -0.25) is 0 Å². The van der Waals surface area contributed by atoms with Crippen LogP contribution in [-0.2, 0) is 0 Å². The van der Waals surface area contributed by atoms with E-state index in [0.717, 1.165) is 31.2 Å². The molecule has 1 aliphatic carbocycles. The molecule has 2 nitrogen and oxygen atoms in total. The molecule has 0 spiro atoms. The van der Waals surface area contributed by atoms with Gasteiger partial charge >= 0.3 is 0 Å². The quantitative estimate of drug-likeness (QED) is 0.817. The molecule has 2 aliphatic rings. The summed E-state index contributed by atoms with van der Waals surface area (Å²) in [6, 6.07) is 5.85. The summed E-state index contributed by atoms with van der Waals surface area (Å²) < 4.78 is 13.1. The summed E-state index contributed by atoms with van der Waals surface area (Å²) >= 11 is 0. The molecule has 1 heterocycles. The van der Waals surface area contributed by atoms with E-state index in [4.69, 9.17) is 0 Å². The highest BCUT2D eigenvalue weighted by atomic mass is 19.1. The van der Waals surface area contributed by atoms with Crippen molar-refractivity contribution in [1.29, 1.82) is 0 Å². The lowest BCUT2D eigenvalue weighted by Gasteiger charge is -2.27. The average molecular weight is 220 g/mol. The number of anilines is 1.